The third-order valence-corrected chi connectivity index (χ3v) is 3.77. The molecule has 0 aliphatic heterocycles. The van der Waals surface area contributed by atoms with Crippen molar-refractivity contribution in [3.63, 3.8) is 0 Å². The summed E-state index contributed by atoms with van der Waals surface area (Å²) in [6.45, 7) is 7.72. The minimum absolute atomic E-state index is 0.585. The highest BCUT2D eigenvalue weighted by atomic mass is 32.1. The van der Waals surface area contributed by atoms with Crippen LogP contribution in [0.25, 0.3) is 0 Å². The first-order valence-electron chi connectivity index (χ1n) is 5.48. The maximum Gasteiger partial charge on any atom is 0.0219 e. The topological polar surface area (TPSA) is 12.0 Å². The quantitative estimate of drug-likeness (QED) is 0.801. The van der Waals surface area contributed by atoms with E-state index in [0.29, 0.717) is 6.04 Å². The molecule has 0 spiro atoms. The van der Waals surface area contributed by atoms with Gasteiger partial charge in [0.25, 0.3) is 0 Å². The Kier molecular flexibility index (Phi) is 2.93. The Balaban J connectivity index is 2.08. The first-order chi connectivity index (χ1) is 6.68. The van der Waals surface area contributed by atoms with E-state index in [4.69, 9.17) is 0 Å². The molecule has 1 fully saturated rings. The van der Waals surface area contributed by atoms with E-state index in [1.807, 2.05) is 11.3 Å². The Labute approximate surface area is 90.5 Å². The van der Waals surface area contributed by atoms with Gasteiger partial charge in [-0.25, -0.2) is 0 Å². The highest BCUT2D eigenvalue weighted by Gasteiger charge is 2.28. The van der Waals surface area contributed by atoms with Gasteiger partial charge >= 0.3 is 0 Å². The van der Waals surface area contributed by atoms with E-state index in [-0.39, 0.29) is 0 Å². The fraction of sp³-hybridized carbons (Fsp3) is 0.667. The van der Waals surface area contributed by atoms with E-state index in [1.165, 1.54) is 17.7 Å². The van der Waals surface area contributed by atoms with Gasteiger partial charge in [-0.3, -0.25) is 0 Å². The summed E-state index contributed by atoms with van der Waals surface area (Å²) in [5.41, 5.74) is 3.20. The molecular formula is C12H19NS. The molecule has 0 aromatic carbocycles. The van der Waals surface area contributed by atoms with Gasteiger partial charge in [-0.2, -0.15) is 0 Å². The second-order valence-corrected chi connectivity index (χ2v) is 5.62. The number of thiophene rings is 1. The van der Waals surface area contributed by atoms with Crippen LogP contribution in [0.15, 0.2) is 5.38 Å². The lowest BCUT2D eigenvalue weighted by Gasteiger charge is -2.09. The summed E-state index contributed by atoms with van der Waals surface area (Å²) in [5.74, 6) is 0.894. The van der Waals surface area contributed by atoms with Crippen LogP contribution >= 0.6 is 11.3 Å². The molecule has 1 aliphatic carbocycles. The van der Waals surface area contributed by atoms with Crippen molar-refractivity contribution in [1.82, 2.24) is 5.32 Å². The van der Waals surface area contributed by atoms with Crippen molar-refractivity contribution >= 4 is 11.3 Å². The molecule has 0 saturated heterocycles. The first kappa shape index (κ1) is 10.2. The zero-order valence-electron chi connectivity index (χ0n) is 9.26. The van der Waals surface area contributed by atoms with Gasteiger partial charge in [0.2, 0.25) is 0 Å². The third-order valence-electron chi connectivity index (χ3n) is 2.79. The molecule has 0 radical (unpaired) electrons. The minimum Gasteiger partial charge on any atom is -0.310 e. The van der Waals surface area contributed by atoms with E-state index in [9.17, 15) is 0 Å². The Morgan fingerprint density at radius 2 is 2.21 bits per heavy atom. The van der Waals surface area contributed by atoms with Crippen molar-refractivity contribution in [2.24, 2.45) is 0 Å². The largest absolute Gasteiger partial charge is 0.310 e. The zero-order valence-corrected chi connectivity index (χ0v) is 10.1. The van der Waals surface area contributed by atoms with Gasteiger partial charge in [-0.1, -0.05) is 13.8 Å². The number of hydrogen-bond donors (Lipinski definition) is 1. The fourth-order valence-electron chi connectivity index (χ4n) is 1.89. The van der Waals surface area contributed by atoms with Crippen molar-refractivity contribution in [2.75, 3.05) is 0 Å². The van der Waals surface area contributed by atoms with E-state index in [2.05, 4.69) is 31.5 Å². The van der Waals surface area contributed by atoms with Crippen LogP contribution in [0.4, 0.5) is 0 Å². The number of rotatable bonds is 4. The molecule has 2 rings (SSSR count). The molecule has 0 atom stereocenters. The number of hydrogen-bond acceptors (Lipinski definition) is 2. The lowest BCUT2D eigenvalue weighted by atomic mass is 10.1. The molecule has 1 N–H and O–H groups in total. The van der Waals surface area contributed by atoms with Crippen LogP contribution in [0.2, 0.25) is 0 Å². The molecule has 1 aromatic rings. The highest BCUT2D eigenvalue weighted by molar-refractivity contribution is 7.10. The molecule has 0 bridgehead atoms. The Morgan fingerprint density at radius 3 is 2.79 bits per heavy atom. The van der Waals surface area contributed by atoms with Crippen LogP contribution in [0.3, 0.4) is 0 Å². The molecule has 1 heterocycles. The molecular weight excluding hydrogens is 190 g/mol. The number of aryl methyl sites for hydroxylation is 1. The van der Waals surface area contributed by atoms with E-state index in [0.717, 1.165) is 12.5 Å². The Bertz CT molecular complexity index is 310. The molecule has 2 heteroatoms. The maximum atomic E-state index is 3.50. The van der Waals surface area contributed by atoms with Crippen LogP contribution in [-0.2, 0) is 6.54 Å². The predicted molar refractivity (Wildman–Crippen MR) is 63.0 cm³/mol. The summed E-state index contributed by atoms with van der Waals surface area (Å²) in [4.78, 5) is 1.54. The monoisotopic (exact) mass is 209 g/mol. The molecule has 1 nitrogen and oxygen atoms in total. The highest BCUT2D eigenvalue weighted by Crippen LogP contribution is 2.45. The van der Waals surface area contributed by atoms with Gasteiger partial charge in [-0.05, 0) is 42.2 Å². The van der Waals surface area contributed by atoms with Crippen molar-refractivity contribution in [3.8, 4) is 0 Å². The standard InChI is InChI=1S/C12H19NS/c1-8(2)13-6-11-7-14-9(3)12(11)10-4-5-10/h7-8,10,13H,4-6H2,1-3H3. The van der Waals surface area contributed by atoms with Crippen LogP contribution < -0.4 is 5.32 Å². The van der Waals surface area contributed by atoms with Crippen LogP contribution in [0.5, 0.6) is 0 Å². The SMILES string of the molecule is Cc1scc(CNC(C)C)c1C1CC1. The van der Waals surface area contributed by atoms with Crippen LogP contribution in [0.1, 0.15) is 48.6 Å². The molecule has 78 valence electrons. The summed E-state index contributed by atoms with van der Waals surface area (Å²) in [6, 6.07) is 0.585. The third kappa shape index (κ3) is 2.18. The Hall–Kier alpha value is -0.340. The van der Waals surface area contributed by atoms with E-state index in [1.54, 1.807) is 11.1 Å². The lowest BCUT2D eigenvalue weighted by molar-refractivity contribution is 0.587. The maximum absolute atomic E-state index is 3.50. The van der Waals surface area contributed by atoms with Gasteiger partial charge < -0.3 is 5.32 Å². The van der Waals surface area contributed by atoms with Gasteiger partial charge in [0.15, 0.2) is 0 Å². The molecule has 0 amide bonds. The van der Waals surface area contributed by atoms with Gasteiger partial charge in [0.1, 0.15) is 0 Å². The first-order valence-corrected chi connectivity index (χ1v) is 6.36. The van der Waals surface area contributed by atoms with Gasteiger partial charge in [0.05, 0.1) is 0 Å². The minimum atomic E-state index is 0.585. The summed E-state index contributed by atoms with van der Waals surface area (Å²) < 4.78 is 0. The predicted octanol–water partition coefficient (Wildman–Crippen LogP) is 3.43. The summed E-state index contributed by atoms with van der Waals surface area (Å²) in [5, 5.41) is 5.84. The van der Waals surface area contributed by atoms with Crippen LogP contribution in [-0.4, -0.2) is 6.04 Å². The second kappa shape index (κ2) is 4.03. The summed E-state index contributed by atoms with van der Waals surface area (Å²) >= 11 is 1.91. The van der Waals surface area contributed by atoms with Crippen molar-refractivity contribution in [2.45, 2.75) is 52.1 Å². The summed E-state index contributed by atoms with van der Waals surface area (Å²) in [7, 11) is 0. The van der Waals surface area contributed by atoms with Gasteiger partial charge in [-0.15, -0.1) is 11.3 Å². The molecule has 1 aromatic heterocycles. The van der Waals surface area contributed by atoms with E-state index < -0.39 is 0 Å². The molecule has 1 aliphatic rings. The average Bonchev–Trinajstić information content (AvgIpc) is 2.88. The fourth-order valence-corrected chi connectivity index (χ4v) is 2.84. The van der Waals surface area contributed by atoms with E-state index >= 15 is 0 Å². The zero-order chi connectivity index (χ0) is 10.1. The van der Waals surface area contributed by atoms with Crippen molar-refractivity contribution in [3.05, 3.63) is 21.4 Å². The smallest absolute Gasteiger partial charge is 0.0219 e. The van der Waals surface area contributed by atoms with Crippen LogP contribution in [0, 0.1) is 6.92 Å². The summed E-state index contributed by atoms with van der Waals surface area (Å²) in [6.07, 6.45) is 2.82. The normalized spacial score (nSPS) is 16.6. The van der Waals surface area contributed by atoms with Gasteiger partial charge in [0, 0.05) is 17.5 Å². The Morgan fingerprint density at radius 1 is 1.50 bits per heavy atom. The molecule has 0 unspecified atom stereocenters. The average molecular weight is 209 g/mol. The lowest BCUT2D eigenvalue weighted by Crippen LogP contribution is -2.22. The molecule has 14 heavy (non-hydrogen) atoms. The second-order valence-electron chi connectivity index (χ2n) is 4.54. The van der Waals surface area contributed by atoms with Crippen molar-refractivity contribution < 1.29 is 0 Å². The number of nitrogens with one attached hydrogen (secondary N) is 1. The molecule has 1 saturated carbocycles. The van der Waals surface area contributed by atoms with Crippen molar-refractivity contribution in [1.29, 1.82) is 0 Å².